The van der Waals surface area contributed by atoms with Crippen molar-refractivity contribution in [1.29, 1.82) is 0 Å². The van der Waals surface area contributed by atoms with E-state index < -0.39 is 0 Å². The number of rotatable bonds is 9. The molecule has 0 saturated carbocycles. The number of aliphatic imine (C=N–C) groups is 2. The maximum atomic E-state index is 6.23. The van der Waals surface area contributed by atoms with E-state index in [0.717, 1.165) is 18.7 Å². The van der Waals surface area contributed by atoms with Crippen LogP contribution in [0.3, 0.4) is 0 Å². The summed E-state index contributed by atoms with van der Waals surface area (Å²) in [6.07, 6.45) is 9.00. The van der Waals surface area contributed by atoms with Gasteiger partial charge in [-0.1, -0.05) is 63.6 Å². The average molecular weight is 344 g/mol. The molecule has 3 N–H and O–H groups in total. The number of guanidine groups is 2. The molecule has 0 unspecified atom stereocenters. The van der Waals surface area contributed by atoms with Gasteiger partial charge >= 0.3 is 0 Å². The highest BCUT2D eigenvalue weighted by Crippen LogP contribution is 2.24. The van der Waals surface area contributed by atoms with Crippen molar-refractivity contribution >= 4 is 17.6 Å². The second-order valence-corrected chi connectivity index (χ2v) is 7.15. The minimum atomic E-state index is -0.369. The number of benzene rings is 1. The lowest BCUT2D eigenvalue weighted by Crippen LogP contribution is -2.64. The minimum Gasteiger partial charge on any atom is -0.369 e. The van der Waals surface area contributed by atoms with Crippen molar-refractivity contribution < 1.29 is 0 Å². The van der Waals surface area contributed by atoms with Crippen LogP contribution in [0.2, 0.25) is 0 Å². The van der Waals surface area contributed by atoms with Crippen LogP contribution in [0.1, 0.15) is 65.7 Å². The smallest absolute Gasteiger partial charge is 0.223 e. The molecule has 1 aromatic carbocycles. The molecule has 1 aromatic rings. The van der Waals surface area contributed by atoms with Gasteiger partial charge in [0.2, 0.25) is 11.9 Å². The summed E-state index contributed by atoms with van der Waals surface area (Å²) in [7, 11) is 0. The van der Waals surface area contributed by atoms with Crippen LogP contribution in [0.15, 0.2) is 40.3 Å². The van der Waals surface area contributed by atoms with Gasteiger partial charge in [0.1, 0.15) is 5.66 Å². The number of hydrogen-bond acceptors (Lipinski definition) is 3. The van der Waals surface area contributed by atoms with Crippen LogP contribution >= 0.6 is 0 Å². The SMILES string of the molecule is CCCCCCCCCN=C1N=C(N)N(c2ccccc2)C(C)(C)N1. The molecular weight excluding hydrogens is 310 g/mol. The van der Waals surface area contributed by atoms with Crippen molar-refractivity contribution in [1.82, 2.24) is 5.32 Å². The molecule has 0 saturated heterocycles. The Morgan fingerprint density at radius 1 is 1.04 bits per heavy atom. The highest BCUT2D eigenvalue weighted by atomic mass is 15.5. The predicted molar refractivity (Wildman–Crippen MR) is 108 cm³/mol. The fourth-order valence-corrected chi connectivity index (χ4v) is 3.16. The van der Waals surface area contributed by atoms with E-state index in [2.05, 4.69) is 36.1 Å². The summed E-state index contributed by atoms with van der Waals surface area (Å²) >= 11 is 0. The molecule has 1 aliphatic heterocycles. The molecule has 0 atom stereocenters. The molecule has 5 nitrogen and oxygen atoms in total. The van der Waals surface area contributed by atoms with Crippen molar-refractivity contribution in [3.63, 3.8) is 0 Å². The second-order valence-electron chi connectivity index (χ2n) is 7.15. The zero-order valence-electron chi connectivity index (χ0n) is 16.0. The number of nitrogens with zero attached hydrogens (tertiary/aromatic N) is 3. The lowest BCUT2D eigenvalue weighted by atomic mass is 10.1. The van der Waals surface area contributed by atoms with Crippen LogP contribution in [0.4, 0.5) is 5.69 Å². The van der Waals surface area contributed by atoms with Gasteiger partial charge in [-0.25, -0.2) is 0 Å². The van der Waals surface area contributed by atoms with Crippen LogP contribution in [0, 0.1) is 0 Å². The third-order valence-corrected chi connectivity index (χ3v) is 4.46. The highest BCUT2D eigenvalue weighted by molar-refractivity contribution is 6.06. The van der Waals surface area contributed by atoms with Gasteiger partial charge in [-0.3, -0.25) is 9.89 Å². The summed E-state index contributed by atoms with van der Waals surface area (Å²) in [4.78, 5) is 11.1. The van der Waals surface area contributed by atoms with Crippen molar-refractivity contribution in [2.24, 2.45) is 15.7 Å². The molecule has 1 aliphatic rings. The highest BCUT2D eigenvalue weighted by Gasteiger charge is 2.34. The molecule has 2 rings (SSSR count). The Morgan fingerprint density at radius 2 is 1.68 bits per heavy atom. The Morgan fingerprint density at radius 3 is 2.32 bits per heavy atom. The molecule has 0 aliphatic carbocycles. The third-order valence-electron chi connectivity index (χ3n) is 4.46. The molecule has 138 valence electrons. The maximum absolute atomic E-state index is 6.23. The Kier molecular flexibility index (Phi) is 7.29. The summed E-state index contributed by atoms with van der Waals surface area (Å²) < 4.78 is 0. The van der Waals surface area contributed by atoms with Gasteiger partial charge in [0, 0.05) is 12.2 Å². The second kappa shape index (κ2) is 9.44. The number of anilines is 1. The fourth-order valence-electron chi connectivity index (χ4n) is 3.16. The molecular formula is C20H33N5. The van der Waals surface area contributed by atoms with Crippen LogP contribution in [-0.4, -0.2) is 24.1 Å². The summed E-state index contributed by atoms with van der Waals surface area (Å²) in [5.41, 5.74) is 6.88. The topological polar surface area (TPSA) is 66.0 Å². The summed E-state index contributed by atoms with van der Waals surface area (Å²) in [5.74, 6) is 1.12. The number of nitrogens with two attached hydrogens (primary N) is 1. The monoisotopic (exact) mass is 343 g/mol. The largest absolute Gasteiger partial charge is 0.369 e. The zero-order chi connectivity index (χ0) is 18.1. The van der Waals surface area contributed by atoms with E-state index in [0.29, 0.717) is 11.9 Å². The molecule has 0 bridgehead atoms. The lowest BCUT2D eigenvalue weighted by molar-refractivity contribution is 0.465. The molecule has 0 fully saturated rings. The van der Waals surface area contributed by atoms with Crippen molar-refractivity contribution in [2.45, 2.75) is 71.4 Å². The molecule has 5 heteroatoms. The van der Waals surface area contributed by atoms with Gasteiger partial charge < -0.3 is 11.1 Å². The van der Waals surface area contributed by atoms with Gasteiger partial charge in [0.05, 0.1) is 0 Å². The van der Waals surface area contributed by atoms with Gasteiger partial charge in [-0.05, 0) is 32.4 Å². The van der Waals surface area contributed by atoms with E-state index in [4.69, 9.17) is 5.73 Å². The van der Waals surface area contributed by atoms with Crippen molar-refractivity contribution in [3.05, 3.63) is 30.3 Å². The van der Waals surface area contributed by atoms with E-state index in [9.17, 15) is 0 Å². The number of para-hydroxylation sites is 1. The van der Waals surface area contributed by atoms with E-state index in [1.165, 1.54) is 38.5 Å². The van der Waals surface area contributed by atoms with Gasteiger partial charge in [-0.15, -0.1) is 0 Å². The van der Waals surface area contributed by atoms with Crippen molar-refractivity contribution in [3.8, 4) is 0 Å². The Bertz CT molecular complexity index is 577. The summed E-state index contributed by atoms with van der Waals surface area (Å²) in [5, 5.41) is 3.40. The van der Waals surface area contributed by atoms with Crippen LogP contribution in [0.5, 0.6) is 0 Å². The predicted octanol–water partition coefficient (Wildman–Crippen LogP) is 4.25. The molecule has 25 heavy (non-hydrogen) atoms. The van der Waals surface area contributed by atoms with Gasteiger partial charge in [0.25, 0.3) is 0 Å². The average Bonchev–Trinajstić information content (AvgIpc) is 2.57. The summed E-state index contributed by atoms with van der Waals surface area (Å²) in [6.45, 7) is 7.23. The van der Waals surface area contributed by atoms with Gasteiger partial charge in [0.15, 0.2) is 0 Å². The zero-order valence-corrected chi connectivity index (χ0v) is 16.0. The first-order chi connectivity index (χ1) is 12.0. The van der Waals surface area contributed by atoms with E-state index >= 15 is 0 Å². The lowest BCUT2D eigenvalue weighted by Gasteiger charge is -2.43. The van der Waals surface area contributed by atoms with Crippen LogP contribution < -0.4 is 16.0 Å². The quantitative estimate of drug-likeness (QED) is 0.659. The Hall–Kier alpha value is -2.04. The third kappa shape index (κ3) is 5.76. The van der Waals surface area contributed by atoms with E-state index in [1.54, 1.807) is 0 Å². The molecule has 0 spiro atoms. The number of unbranched alkanes of at least 4 members (excludes halogenated alkanes) is 6. The molecule has 0 radical (unpaired) electrons. The van der Waals surface area contributed by atoms with Crippen LogP contribution in [-0.2, 0) is 0 Å². The Balaban J connectivity index is 1.88. The fraction of sp³-hybridized carbons (Fsp3) is 0.600. The molecule has 1 heterocycles. The molecule has 0 aromatic heterocycles. The molecule has 0 amide bonds. The Labute approximate surface area is 152 Å². The number of hydrogen-bond donors (Lipinski definition) is 2. The first-order valence-corrected chi connectivity index (χ1v) is 9.56. The first kappa shape index (κ1) is 19.3. The maximum Gasteiger partial charge on any atom is 0.223 e. The first-order valence-electron chi connectivity index (χ1n) is 9.56. The normalized spacial score (nSPS) is 18.1. The van der Waals surface area contributed by atoms with Gasteiger partial charge in [-0.2, -0.15) is 4.99 Å². The minimum absolute atomic E-state index is 0.369. The van der Waals surface area contributed by atoms with Crippen molar-refractivity contribution in [2.75, 3.05) is 11.4 Å². The summed E-state index contributed by atoms with van der Waals surface area (Å²) in [6, 6.07) is 10.1. The van der Waals surface area contributed by atoms with E-state index in [1.807, 2.05) is 35.2 Å². The standard InChI is InChI=1S/C20H33N5/c1-4-5-6-7-8-9-13-16-22-19-23-18(21)25(20(2,3)24-19)17-14-11-10-12-15-17/h10-12,14-15H,4-9,13,16H2,1-3H3,(H3,21,22,23,24). The number of nitrogens with one attached hydrogen (secondary N) is 1. The van der Waals surface area contributed by atoms with E-state index in [-0.39, 0.29) is 5.66 Å². The van der Waals surface area contributed by atoms with Crippen LogP contribution in [0.25, 0.3) is 0 Å².